The number of carbonyl (C=O) groups is 1. The second kappa shape index (κ2) is 6.88. The van der Waals surface area contributed by atoms with E-state index in [-0.39, 0.29) is 5.91 Å². The van der Waals surface area contributed by atoms with Crippen molar-refractivity contribution in [2.75, 3.05) is 18.5 Å². The fraction of sp³-hybridized carbons (Fsp3) is 0.350. The maximum absolute atomic E-state index is 12.6. The van der Waals surface area contributed by atoms with Crippen molar-refractivity contribution in [3.8, 4) is 0 Å². The normalized spacial score (nSPS) is 17.4. The minimum atomic E-state index is -0.199. The Bertz CT molecular complexity index is 941. The van der Waals surface area contributed by atoms with Gasteiger partial charge < -0.3 is 14.5 Å². The number of furan rings is 1. The minimum absolute atomic E-state index is 0.199. The number of anilines is 1. The van der Waals surface area contributed by atoms with E-state index in [2.05, 4.69) is 15.3 Å². The zero-order chi connectivity index (χ0) is 18.1. The highest BCUT2D eigenvalue weighted by Gasteiger charge is 2.18. The summed E-state index contributed by atoms with van der Waals surface area (Å²) in [5.74, 6) is 1.46. The zero-order valence-electron chi connectivity index (χ0n) is 14.9. The van der Waals surface area contributed by atoms with Crippen molar-refractivity contribution >= 4 is 22.8 Å². The van der Waals surface area contributed by atoms with Crippen LogP contribution >= 0.6 is 0 Å². The van der Waals surface area contributed by atoms with E-state index in [0.29, 0.717) is 23.0 Å². The number of nitrogens with one attached hydrogen (secondary N) is 1. The van der Waals surface area contributed by atoms with Gasteiger partial charge in [-0.25, -0.2) is 9.97 Å². The van der Waals surface area contributed by atoms with Gasteiger partial charge in [0.1, 0.15) is 17.9 Å². The van der Waals surface area contributed by atoms with E-state index in [1.165, 1.54) is 11.9 Å². The highest BCUT2D eigenvalue weighted by Crippen LogP contribution is 2.29. The molecule has 0 saturated carbocycles. The molecule has 0 bridgehead atoms. The summed E-state index contributed by atoms with van der Waals surface area (Å²) < 4.78 is 11.1. The van der Waals surface area contributed by atoms with Crippen LogP contribution in [0, 0.1) is 13.8 Å². The minimum Gasteiger partial charge on any atom is -0.443 e. The molecule has 4 rings (SSSR count). The Morgan fingerprint density at radius 3 is 2.73 bits per heavy atom. The van der Waals surface area contributed by atoms with Gasteiger partial charge in [0.15, 0.2) is 0 Å². The first-order valence-electron chi connectivity index (χ1n) is 8.83. The van der Waals surface area contributed by atoms with E-state index in [9.17, 15) is 4.79 Å². The van der Waals surface area contributed by atoms with Crippen LogP contribution in [0.15, 0.2) is 35.0 Å². The van der Waals surface area contributed by atoms with Crippen molar-refractivity contribution < 1.29 is 13.9 Å². The molecule has 134 valence electrons. The van der Waals surface area contributed by atoms with Gasteiger partial charge in [-0.1, -0.05) is 12.1 Å². The predicted octanol–water partition coefficient (Wildman–Crippen LogP) is 3.99. The Balaban J connectivity index is 1.55. The Labute approximate surface area is 151 Å². The maximum atomic E-state index is 12.6. The summed E-state index contributed by atoms with van der Waals surface area (Å²) in [5.41, 5.74) is 3.23. The molecule has 1 atom stereocenters. The molecular formula is C20H21N3O3. The van der Waals surface area contributed by atoms with Crippen LogP contribution in [0.5, 0.6) is 0 Å². The number of hydrogen-bond acceptors (Lipinski definition) is 5. The van der Waals surface area contributed by atoms with Gasteiger partial charge in [-0.3, -0.25) is 4.79 Å². The Hall–Kier alpha value is -2.73. The third kappa shape index (κ3) is 3.08. The van der Waals surface area contributed by atoms with Crippen LogP contribution in [0.2, 0.25) is 0 Å². The number of aromatic nitrogens is 2. The van der Waals surface area contributed by atoms with E-state index >= 15 is 0 Å². The Kier molecular flexibility index (Phi) is 4.42. The largest absolute Gasteiger partial charge is 0.443 e. The third-order valence-corrected chi connectivity index (χ3v) is 5.00. The first-order chi connectivity index (χ1) is 12.6. The van der Waals surface area contributed by atoms with Crippen molar-refractivity contribution in [1.82, 2.24) is 9.97 Å². The molecule has 1 saturated heterocycles. The van der Waals surface area contributed by atoms with Gasteiger partial charge in [0, 0.05) is 23.7 Å². The predicted molar refractivity (Wildman–Crippen MR) is 98.5 cm³/mol. The van der Waals surface area contributed by atoms with Crippen LogP contribution in [-0.4, -0.2) is 29.1 Å². The molecule has 1 fully saturated rings. The molecule has 0 aliphatic carbocycles. The molecule has 0 unspecified atom stereocenters. The van der Waals surface area contributed by atoms with Gasteiger partial charge in [0.2, 0.25) is 5.71 Å². The van der Waals surface area contributed by atoms with Crippen molar-refractivity contribution in [3.63, 3.8) is 0 Å². The number of amides is 1. The summed E-state index contributed by atoms with van der Waals surface area (Å²) in [7, 11) is 0. The van der Waals surface area contributed by atoms with Gasteiger partial charge >= 0.3 is 0 Å². The van der Waals surface area contributed by atoms with Gasteiger partial charge in [-0.2, -0.15) is 0 Å². The molecule has 1 amide bonds. The zero-order valence-corrected chi connectivity index (χ0v) is 14.9. The first-order valence-corrected chi connectivity index (χ1v) is 8.83. The highest BCUT2D eigenvalue weighted by molar-refractivity contribution is 6.07. The molecule has 1 aliphatic rings. The topological polar surface area (TPSA) is 77.3 Å². The molecule has 2 aromatic heterocycles. The van der Waals surface area contributed by atoms with E-state index < -0.39 is 0 Å². The molecule has 0 radical (unpaired) electrons. The quantitative estimate of drug-likeness (QED) is 0.772. The van der Waals surface area contributed by atoms with Gasteiger partial charge in [0.25, 0.3) is 5.91 Å². The average molecular weight is 351 g/mol. The van der Waals surface area contributed by atoms with E-state index in [0.717, 1.165) is 42.8 Å². The Morgan fingerprint density at radius 2 is 2.00 bits per heavy atom. The molecule has 1 aliphatic heterocycles. The summed E-state index contributed by atoms with van der Waals surface area (Å²) in [4.78, 5) is 21.0. The Morgan fingerprint density at radius 1 is 1.19 bits per heavy atom. The standard InChI is InChI=1S/C20H21N3O3/c1-12-13(2)26-20-17(12)18(21-11-22-20)23-19(24)15-7-5-14(6-8-15)16-4-3-9-25-10-16/h5-8,11,16H,3-4,9-10H2,1-2H3,(H,21,22,23,24)/t16-/m0/s1. The fourth-order valence-corrected chi connectivity index (χ4v) is 3.37. The molecular weight excluding hydrogens is 330 g/mol. The second-order valence-electron chi connectivity index (χ2n) is 6.68. The van der Waals surface area contributed by atoms with E-state index in [1.54, 1.807) is 0 Å². The van der Waals surface area contributed by atoms with E-state index in [4.69, 9.17) is 9.15 Å². The number of carbonyl (C=O) groups excluding carboxylic acids is 1. The molecule has 0 spiro atoms. The smallest absolute Gasteiger partial charge is 0.256 e. The van der Waals surface area contributed by atoms with Crippen molar-refractivity contribution in [3.05, 3.63) is 53.0 Å². The van der Waals surface area contributed by atoms with Gasteiger partial charge in [-0.05, 0) is 44.4 Å². The van der Waals surface area contributed by atoms with Crippen molar-refractivity contribution in [2.45, 2.75) is 32.6 Å². The molecule has 6 nitrogen and oxygen atoms in total. The molecule has 6 heteroatoms. The van der Waals surface area contributed by atoms with Gasteiger partial charge in [0.05, 0.1) is 12.0 Å². The lowest BCUT2D eigenvalue weighted by molar-refractivity contribution is 0.0804. The number of ether oxygens (including phenoxy) is 1. The summed E-state index contributed by atoms with van der Waals surface area (Å²) >= 11 is 0. The van der Waals surface area contributed by atoms with Crippen LogP contribution in [0.3, 0.4) is 0 Å². The summed E-state index contributed by atoms with van der Waals surface area (Å²) in [6.45, 7) is 5.40. The fourth-order valence-electron chi connectivity index (χ4n) is 3.37. The van der Waals surface area contributed by atoms with Crippen molar-refractivity contribution in [2.24, 2.45) is 0 Å². The number of aryl methyl sites for hydroxylation is 2. The van der Waals surface area contributed by atoms with Crippen LogP contribution in [0.4, 0.5) is 5.82 Å². The number of rotatable bonds is 3. The highest BCUT2D eigenvalue weighted by atomic mass is 16.5. The third-order valence-electron chi connectivity index (χ3n) is 5.00. The molecule has 1 aromatic carbocycles. The SMILES string of the molecule is Cc1oc2ncnc(NC(=O)c3ccc([C@H]4CCCOC4)cc3)c2c1C. The number of hydrogen-bond donors (Lipinski definition) is 1. The molecule has 1 N–H and O–H groups in total. The number of benzene rings is 1. The lowest BCUT2D eigenvalue weighted by Gasteiger charge is -2.22. The molecule has 3 heterocycles. The lowest BCUT2D eigenvalue weighted by atomic mass is 9.93. The van der Waals surface area contributed by atoms with Crippen LogP contribution < -0.4 is 5.32 Å². The van der Waals surface area contributed by atoms with E-state index in [1.807, 2.05) is 38.1 Å². The average Bonchev–Trinajstić information content (AvgIpc) is 2.97. The molecule has 26 heavy (non-hydrogen) atoms. The van der Waals surface area contributed by atoms with Crippen molar-refractivity contribution in [1.29, 1.82) is 0 Å². The number of fused-ring (bicyclic) bond motifs is 1. The maximum Gasteiger partial charge on any atom is 0.256 e. The van der Waals surface area contributed by atoms with Crippen LogP contribution in [0.1, 0.15) is 46.0 Å². The monoisotopic (exact) mass is 351 g/mol. The van der Waals surface area contributed by atoms with Gasteiger partial charge in [-0.15, -0.1) is 0 Å². The summed E-state index contributed by atoms with van der Waals surface area (Å²) in [6, 6.07) is 7.73. The first kappa shape index (κ1) is 16.7. The van der Waals surface area contributed by atoms with Crippen LogP contribution in [-0.2, 0) is 4.74 Å². The lowest BCUT2D eigenvalue weighted by Crippen LogP contribution is -2.16. The summed E-state index contributed by atoms with van der Waals surface area (Å²) in [6.07, 6.45) is 3.61. The molecule has 3 aromatic rings. The number of nitrogens with zero attached hydrogens (tertiary/aromatic N) is 2. The summed E-state index contributed by atoms with van der Waals surface area (Å²) in [5, 5.41) is 3.62. The van der Waals surface area contributed by atoms with Crippen LogP contribution in [0.25, 0.3) is 11.1 Å². The second-order valence-corrected chi connectivity index (χ2v) is 6.68.